The third kappa shape index (κ3) is 3.44. The third-order valence-corrected chi connectivity index (χ3v) is 5.45. The van der Waals surface area contributed by atoms with E-state index in [2.05, 4.69) is 35.8 Å². The Morgan fingerprint density at radius 3 is 2.53 bits per heavy atom. The molecule has 0 aliphatic rings. The van der Waals surface area contributed by atoms with E-state index in [0.29, 0.717) is 5.75 Å². The van der Waals surface area contributed by atoms with Crippen LogP contribution in [0, 0.1) is 5.92 Å². The summed E-state index contributed by atoms with van der Waals surface area (Å²) in [5, 5.41) is 0.807. The average Bonchev–Trinajstić information content (AvgIpc) is 3.26. The van der Waals surface area contributed by atoms with Gasteiger partial charge in [0.2, 0.25) is 0 Å². The van der Waals surface area contributed by atoms with Crippen LogP contribution in [0.15, 0.2) is 30.5 Å². The lowest BCUT2D eigenvalue weighted by atomic mass is 10.2. The van der Waals surface area contributed by atoms with Gasteiger partial charge >= 0.3 is 5.97 Å². The SMILES string of the molecule is CCCCCn1cc(OC(=O)C(C)C)c2c1nc(C(C)C)n1c3ccccc3nc21. The van der Waals surface area contributed by atoms with Gasteiger partial charge in [-0.15, -0.1) is 0 Å². The summed E-state index contributed by atoms with van der Waals surface area (Å²) in [6.45, 7) is 11.0. The molecule has 0 fully saturated rings. The van der Waals surface area contributed by atoms with Gasteiger partial charge in [0.1, 0.15) is 16.9 Å². The third-order valence-electron chi connectivity index (χ3n) is 5.45. The van der Waals surface area contributed by atoms with E-state index in [1.165, 1.54) is 0 Å². The van der Waals surface area contributed by atoms with Gasteiger partial charge in [0.25, 0.3) is 0 Å². The highest BCUT2D eigenvalue weighted by Crippen LogP contribution is 2.35. The summed E-state index contributed by atoms with van der Waals surface area (Å²) in [6.07, 6.45) is 5.28. The number of rotatable bonds is 7. The van der Waals surface area contributed by atoms with Gasteiger partial charge in [-0.05, 0) is 18.6 Å². The van der Waals surface area contributed by atoms with Crippen LogP contribution in [0.5, 0.6) is 5.75 Å². The average molecular weight is 407 g/mol. The van der Waals surface area contributed by atoms with Crippen molar-refractivity contribution in [2.24, 2.45) is 5.92 Å². The molecule has 30 heavy (non-hydrogen) atoms. The number of carbonyl (C=O) groups excluding carboxylic acids is 1. The number of para-hydroxylation sites is 2. The molecule has 0 saturated heterocycles. The van der Waals surface area contributed by atoms with E-state index < -0.39 is 0 Å². The maximum atomic E-state index is 12.4. The van der Waals surface area contributed by atoms with Crippen LogP contribution < -0.4 is 4.74 Å². The van der Waals surface area contributed by atoms with Crippen molar-refractivity contribution in [1.29, 1.82) is 0 Å². The summed E-state index contributed by atoms with van der Waals surface area (Å²) < 4.78 is 10.1. The molecule has 0 radical (unpaired) electrons. The molecule has 4 aromatic rings. The summed E-state index contributed by atoms with van der Waals surface area (Å²) in [5.41, 5.74) is 3.56. The van der Waals surface area contributed by atoms with Gasteiger partial charge in [0.05, 0.1) is 17.0 Å². The van der Waals surface area contributed by atoms with Crippen molar-refractivity contribution in [3.05, 3.63) is 36.3 Å². The van der Waals surface area contributed by atoms with E-state index in [1.54, 1.807) is 0 Å². The molecule has 0 spiro atoms. The molecule has 6 heteroatoms. The fourth-order valence-electron chi connectivity index (χ4n) is 3.83. The van der Waals surface area contributed by atoms with Crippen LogP contribution in [0.4, 0.5) is 0 Å². The second kappa shape index (κ2) is 8.09. The zero-order valence-corrected chi connectivity index (χ0v) is 18.5. The molecular formula is C24H30N4O2. The van der Waals surface area contributed by atoms with Gasteiger partial charge < -0.3 is 9.30 Å². The van der Waals surface area contributed by atoms with Gasteiger partial charge in [-0.3, -0.25) is 9.20 Å². The van der Waals surface area contributed by atoms with Crippen molar-refractivity contribution >= 4 is 33.7 Å². The molecule has 0 saturated carbocycles. The van der Waals surface area contributed by atoms with Crippen LogP contribution in [-0.2, 0) is 11.3 Å². The lowest BCUT2D eigenvalue weighted by Gasteiger charge is -2.12. The van der Waals surface area contributed by atoms with Gasteiger partial charge in [-0.1, -0.05) is 59.6 Å². The van der Waals surface area contributed by atoms with Crippen LogP contribution in [0.3, 0.4) is 0 Å². The molecule has 6 nitrogen and oxygen atoms in total. The number of carbonyl (C=O) groups is 1. The zero-order chi connectivity index (χ0) is 21.4. The molecular weight excluding hydrogens is 376 g/mol. The standard InChI is InChI=1S/C24H30N4O2/c1-6-7-10-13-27-14-19(30-24(29)16(4)5)20-22(27)26-21(15(2)3)28-18-12-9-8-11-17(18)25-23(20)28/h8-9,11-12,14-16H,6-7,10,13H2,1-5H3. The lowest BCUT2D eigenvalue weighted by molar-refractivity contribution is -0.137. The Morgan fingerprint density at radius 1 is 1.07 bits per heavy atom. The summed E-state index contributed by atoms with van der Waals surface area (Å²) >= 11 is 0. The number of aromatic nitrogens is 4. The van der Waals surface area contributed by atoms with Crippen molar-refractivity contribution in [2.75, 3.05) is 0 Å². The number of nitrogens with zero attached hydrogens (tertiary/aromatic N) is 4. The quantitative estimate of drug-likeness (QED) is 0.291. The smallest absolute Gasteiger partial charge is 0.313 e. The predicted molar refractivity (Wildman–Crippen MR) is 120 cm³/mol. The number of unbranched alkanes of at least 4 members (excludes halogenated alkanes) is 2. The number of ether oxygens (including phenoxy) is 1. The minimum atomic E-state index is -0.246. The topological polar surface area (TPSA) is 61.4 Å². The van der Waals surface area contributed by atoms with E-state index in [9.17, 15) is 4.79 Å². The fraction of sp³-hybridized carbons (Fsp3) is 0.458. The van der Waals surface area contributed by atoms with Gasteiger partial charge in [0, 0.05) is 18.7 Å². The molecule has 0 aliphatic heterocycles. The molecule has 0 unspecified atom stereocenters. The maximum Gasteiger partial charge on any atom is 0.313 e. The Kier molecular flexibility index (Phi) is 5.50. The minimum absolute atomic E-state index is 0.207. The number of imidazole rings is 1. The van der Waals surface area contributed by atoms with Crippen molar-refractivity contribution < 1.29 is 9.53 Å². The molecule has 0 atom stereocenters. The highest BCUT2D eigenvalue weighted by Gasteiger charge is 2.23. The highest BCUT2D eigenvalue weighted by atomic mass is 16.5. The summed E-state index contributed by atoms with van der Waals surface area (Å²) in [7, 11) is 0. The van der Waals surface area contributed by atoms with Gasteiger partial charge in [-0.25, -0.2) is 9.97 Å². The van der Waals surface area contributed by atoms with Crippen LogP contribution >= 0.6 is 0 Å². The molecule has 0 aliphatic carbocycles. The van der Waals surface area contributed by atoms with Crippen molar-refractivity contribution in [2.45, 2.75) is 66.3 Å². The van der Waals surface area contributed by atoms with Crippen LogP contribution in [0.25, 0.3) is 27.7 Å². The van der Waals surface area contributed by atoms with E-state index in [1.807, 2.05) is 38.2 Å². The van der Waals surface area contributed by atoms with Gasteiger partial charge in [-0.2, -0.15) is 0 Å². The Balaban J connectivity index is 2.04. The van der Waals surface area contributed by atoms with Crippen LogP contribution in [-0.4, -0.2) is 24.9 Å². The van der Waals surface area contributed by atoms with E-state index >= 15 is 0 Å². The Labute approximate surface area is 176 Å². The van der Waals surface area contributed by atoms with E-state index in [4.69, 9.17) is 14.7 Å². The molecule has 0 bridgehead atoms. The number of aryl methyl sites for hydroxylation is 1. The van der Waals surface area contributed by atoms with E-state index in [0.717, 1.165) is 59.3 Å². The number of hydrogen-bond acceptors (Lipinski definition) is 4. The first-order valence-corrected chi connectivity index (χ1v) is 10.9. The first kappa shape index (κ1) is 20.4. The number of benzene rings is 1. The van der Waals surface area contributed by atoms with Crippen molar-refractivity contribution in [1.82, 2.24) is 18.9 Å². The molecule has 1 aromatic carbocycles. The number of fused-ring (bicyclic) bond motifs is 5. The molecule has 4 rings (SSSR count). The van der Waals surface area contributed by atoms with Crippen LogP contribution in [0.1, 0.15) is 65.6 Å². The Morgan fingerprint density at radius 2 is 1.83 bits per heavy atom. The maximum absolute atomic E-state index is 12.4. The first-order chi connectivity index (χ1) is 14.4. The summed E-state index contributed by atoms with van der Waals surface area (Å²) in [6, 6.07) is 8.08. The zero-order valence-electron chi connectivity index (χ0n) is 18.5. The first-order valence-electron chi connectivity index (χ1n) is 10.9. The monoisotopic (exact) mass is 406 g/mol. The number of hydrogen-bond donors (Lipinski definition) is 0. The van der Waals surface area contributed by atoms with Crippen molar-refractivity contribution in [3.63, 3.8) is 0 Å². The number of esters is 1. The van der Waals surface area contributed by atoms with E-state index in [-0.39, 0.29) is 17.8 Å². The predicted octanol–water partition coefficient (Wildman–Crippen LogP) is 5.71. The second-order valence-electron chi connectivity index (χ2n) is 8.55. The molecule has 3 heterocycles. The Bertz CT molecular complexity index is 1220. The lowest BCUT2D eigenvalue weighted by Crippen LogP contribution is -2.14. The van der Waals surface area contributed by atoms with Crippen LogP contribution in [0.2, 0.25) is 0 Å². The Hall–Kier alpha value is -2.89. The summed E-state index contributed by atoms with van der Waals surface area (Å²) in [4.78, 5) is 22.4. The molecule has 158 valence electrons. The molecule has 0 amide bonds. The van der Waals surface area contributed by atoms with Gasteiger partial charge in [0.15, 0.2) is 11.4 Å². The van der Waals surface area contributed by atoms with Crippen molar-refractivity contribution in [3.8, 4) is 5.75 Å². The molecule has 0 N–H and O–H groups in total. The fourth-order valence-corrected chi connectivity index (χ4v) is 3.83. The normalized spacial score (nSPS) is 12.1. The minimum Gasteiger partial charge on any atom is -0.424 e. The highest BCUT2D eigenvalue weighted by molar-refractivity contribution is 6.01. The molecule has 3 aromatic heterocycles. The largest absolute Gasteiger partial charge is 0.424 e. The summed E-state index contributed by atoms with van der Waals surface area (Å²) in [5.74, 6) is 1.27. The second-order valence-corrected chi connectivity index (χ2v) is 8.55.